The molecular formula is C22H19ClO3. The van der Waals surface area contributed by atoms with Crippen LogP contribution in [0.25, 0.3) is 0 Å². The Labute approximate surface area is 160 Å². The maximum atomic E-state index is 10.3. The van der Waals surface area contributed by atoms with E-state index in [4.69, 9.17) is 21.4 Å². The Bertz CT molecular complexity index is 827. The van der Waals surface area contributed by atoms with E-state index in [1.54, 1.807) is 12.1 Å². The summed E-state index contributed by atoms with van der Waals surface area (Å²) in [5.74, 6) is 23.1. The molecule has 0 aliphatic heterocycles. The molecule has 0 saturated carbocycles. The Kier molecular flexibility index (Phi) is 11.6. The molecule has 132 valence electrons. The monoisotopic (exact) mass is 366 g/mol. The minimum Gasteiger partial charge on any atom is -0.481 e. The molecule has 26 heavy (non-hydrogen) atoms. The Morgan fingerprint density at radius 2 is 1.50 bits per heavy atom. The molecule has 3 nitrogen and oxygen atoms in total. The summed E-state index contributed by atoms with van der Waals surface area (Å²) < 4.78 is 5.44. The van der Waals surface area contributed by atoms with E-state index in [2.05, 4.69) is 47.4 Å². The van der Waals surface area contributed by atoms with Gasteiger partial charge in [-0.2, -0.15) is 0 Å². The van der Waals surface area contributed by atoms with Crippen molar-refractivity contribution in [2.75, 3.05) is 6.61 Å². The van der Waals surface area contributed by atoms with Crippen molar-refractivity contribution in [2.45, 2.75) is 38.5 Å². The van der Waals surface area contributed by atoms with Gasteiger partial charge in [0.25, 0.3) is 0 Å². The molecule has 1 aromatic rings. The van der Waals surface area contributed by atoms with Crippen LogP contribution in [-0.2, 0) is 4.79 Å². The molecule has 0 aliphatic rings. The molecule has 0 aliphatic carbocycles. The molecule has 0 amide bonds. The van der Waals surface area contributed by atoms with Gasteiger partial charge in [0.05, 0.1) is 24.3 Å². The Balaban J connectivity index is 2.10. The van der Waals surface area contributed by atoms with Crippen molar-refractivity contribution < 1.29 is 14.6 Å². The van der Waals surface area contributed by atoms with Gasteiger partial charge in [0.1, 0.15) is 12.4 Å². The van der Waals surface area contributed by atoms with Gasteiger partial charge < -0.3 is 9.84 Å². The maximum Gasteiger partial charge on any atom is 0.303 e. The van der Waals surface area contributed by atoms with Crippen LogP contribution in [0.3, 0.4) is 0 Å². The lowest BCUT2D eigenvalue weighted by molar-refractivity contribution is -0.137. The molecule has 0 radical (unpaired) electrons. The molecule has 0 aromatic heterocycles. The van der Waals surface area contributed by atoms with Gasteiger partial charge in [-0.25, -0.2) is 0 Å². The predicted octanol–water partition coefficient (Wildman–Crippen LogP) is 4.16. The van der Waals surface area contributed by atoms with Crippen LogP contribution in [0.1, 0.15) is 38.5 Å². The van der Waals surface area contributed by atoms with E-state index in [0.717, 1.165) is 0 Å². The highest BCUT2D eigenvalue weighted by atomic mass is 35.5. The average molecular weight is 367 g/mol. The first kappa shape index (κ1) is 21.1. The van der Waals surface area contributed by atoms with Crippen LogP contribution < -0.4 is 4.74 Å². The van der Waals surface area contributed by atoms with Gasteiger partial charge in [-0.3, -0.25) is 4.79 Å². The largest absolute Gasteiger partial charge is 0.481 e. The molecule has 0 heterocycles. The Morgan fingerprint density at radius 3 is 2.12 bits per heavy atom. The first-order valence-corrected chi connectivity index (χ1v) is 8.50. The van der Waals surface area contributed by atoms with Gasteiger partial charge in [0, 0.05) is 12.8 Å². The standard InChI is InChI=1S/C22H19ClO3/c23-20-16-13-14-17-21(20)26-19-15-11-9-7-5-3-1-2-4-6-8-10-12-18-22(24)25/h13-14,16-17H,3-4,9-10,12,18-19H2,(H,24,25). The number of aliphatic carboxylic acids is 1. The number of rotatable bonds is 5. The van der Waals surface area contributed by atoms with Crippen LogP contribution in [-0.4, -0.2) is 17.7 Å². The van der Waals surface area contributed by atoms with Crippen molar-refractivity contribution in [1.82, 2.24) is 0 Å². The molecule has 0 fully saturated rings. The maximum absolute atomic E-state index is 10.3. The van der Waals surface area contributed by atoms with E-state index < -0.39 is 5.97 Å². The number of benzene rings is 1. The van der Waals surface area contributed by atoms with Crippen LogP contribution in [0.15, 0.2) is 24.3 Å². The van der Waals surface area contributed by atoms with Crippen molar-refractivity contribution in [3.63, 3.8) is 0 Å². The fraction of sp³-hybridized carbons (Fsp3) is 0.318. The van der Waals surface area contributed by atoms with E-state index >= 15 is 0 Å². The second kappa shape index (κ2) is 14.4. The van der Waals surface area contributed by atoms with Gasteiger partial charge in [0.2, 0.25) is 0 Å². The second-order valence-electron chi connectivity index (χ2n) is 4.91. The number of carboxylic acids is 1. The predicted molar refractivity (Wildman–Crippen MR) is 103 cm³/mol. The van der Waals surface area contributed by atoms with Crippen molar-refractivity contribution in [3.8, 4) is 53.1 Å². The van der Waals surface area contributed by atoms with Gasteiger partial charge in [-0.05, 0) is 18.6 Å². The number of carbonyl (C=O) groups is 1. The highest BCUT2D eigenvalue weighted by molar-refractivity contribution is 6.32. The first-order chi connectivity index (χ1) is 12.7. The van der Waals surface area contributed by atoms with Crippen molar-refractivity contribution in [2.24, 2.45) is 0 Å². The third-order valence-corrected chi connectivity index (χ3v) is 3.17. The third-order valence-electron chi connectivity index (χ3n) is 2.86. The number of para-hydroxylation sites is 1. The first-order valence-electron chi connectivity index (χ1n) is 8.12. The minimum absolute atomic E-state index is 0.158. The molecule has 0 unspecified atom stereocenters. The summed E-state index contributed by atoms with van der Waals surface area (Å²) in [4.78, 5) is 10.3. The van der Waals surface area contributed by atoms with E-state index in [9.17, 15) is 4.79 Å². The van der Waals surface area contributed by atoms with Gasteiger partial charge >= 0.3 is 5.97 Å². The summed E-state index contributed by atoms with van der Waals surface area (Å²) in [6.45, 7) is 0.274. The molecule has 1 N–H and O–H groups in total. The molecule has 0 saturated heterocycles. The molecule has 1 aromatic carbocycles. The molecule has 1 rings (SSSR count). The Hall–Kier alpha value is -2.98. The number of halogens is 1. The highest BCUT2D eigenvalue weighted by Gasteiger charge is 1.96. The molecule has 0 bridgehead atoms. The third kappa shape index (κ3) is 11.5. The van der Waals surface area contributed by atoms with Crippen LogP contribution in [0.4, 0.5) is 0 Å². The quantitative estimate of drug-likeness (QED) is 0.628. The lowest BCUT2D eigenvalue weighted by Gasteiger charge is -2.02. The van der Waals surface area contributed by atoms with Crippen LogP contribution in [0.5, 0.6) is 5.75 Å². The fourth-order valence-electron chi connectivity index (χ4n) is 1.65. The zero-order valence-electron chi connectivity index (χ0n) is 14.4. The van der Waals surface area contributed by atoms with Crippen molar-refractivity contribution in [3.05, 3.63) is 29.3 Å². The van der Waals surface area contributed by atoms with E-state index in [1.807, 2.05) is 12.1 Å². The average Bonchev–Trinajstić information content (AvgIpc) is 2.62. The van der Waals surface area contributed by atoms with E-state index in [0.29, 0.717) is 42.9 Å². The number of hydrogen-bond donors (Lipinski definition) is 1. The summed E-state index contributed by atoms with van der Waals surface area (Å²) >= 11 is 5.96. The SMILES string of the molecule is O=C(O)CCCC#CCC#CCC#CCC#CCOc1ccccc1Cl. The minimum atomic E-state index is -0.789. The molecule has 0 spiro atoms. The Morgan fingerprint density at radius 1 is 0.923 bits per heavy atom. The highest BCUT2D eigenvalue weighted by Crippen LogP contribution is 2.22. The lowest BCUT2D eigenvalue weighted by atomic mass is 10.2. The molecule has 4 heteroatoms. The van der Waals surface area contributed by atoms with E-state index in [-0.39, 0.29) is 13.0 Å². The van der Waals surface area contributed by atoms with Crippen molar-refractivity contribution >= 4 is 17.6 Å². The summed E-state index contributed by atoms with van der Waals surface area (Å²) in [5.41, 5.74) is 0. The number of unbranched alkanes of at least 4 members (excludes halogenated alkanes) is 1. The summed E-state index contributed by atoms with van der Waals surface area (Å²) in [7, 11) is 0. The number of hydrogen-bond acceptors (Lipinski definition) is 2. The topological polar surface area (TPSA) is 46.5 Å². The normalized spacial score (nSPS) is 8.35. The number of ether oxygens (including phenoxy) is 1. The van der Waals surface area contributed by atoms with Crippen LogP contribution in [0, 0.1) is 47.4 Å². The smallest absolute Gasteiger partial charge is 0.303 e. The zero-order valence-corrected chi connectivity index (χ0v) is 15.2. The van der Waals surface area contributed by atoms with E-state index in [1.165, 1.54) is 0 Å². The second-order valence-corrected chi connectivity index (χ2v) is 5.32. The lowest BCUT2D eigenvalue weighted by Crippen LogP contribution is -1.93. The van der Waals surface area contributed by atoms with Gasteiger partial charge in [-0.15, -0.1) is 5.92 Å². The summed E-state index contributed by atoms with van der Waals surface area (Å²) in [5, 5.41) is 9.04. The van der Waals surface area contributed by atoms with Crippen molar-refractivity contribution in [1.29, 1.82) is 0 Å². The summed E-state index contributed by atoms with van der Waals surface area (Å²) in [6.07, 6.45) is 2.76. The number of carboxylic acid groups (broad SMARTS) is 1. The fourth-order valence-corrected chi connectivity index (χ4v) is 1.84. The van der Waals surface area contributed by atoms with Gasteiger partial charge in [0.15, 0.2) is 0 Å². The summed E-state index contributed by atoms with van der Waals surface area (Å²) in [6, 6.07) is 7.26. The molecular weight excluding hydrogens is 348 g/mol. The van der Waals surface area contributed by atoms with Crippen LogP contribution in [0.2, 0.25) is 5.02 Å². The van der Waals surface area contributed by atoms with Crippen LogP contribution >= 0.6 is 11.6 Å². The zero-order chi connectivity index (χ0) is 18.9. The van der Waals surface area contributed by atoms with Gasteiger partial charge in [-0.1, -0.05) is 65.2 Å². The molecule has 0 atom stereocenters.